The SMILES string of the molecule is CC(N)c1ccc2ccccc2c1C(C)N. The molecule has 2 atom stereocenters. The molecule has 0 aromatic heterocycles. The van der Waals surface area contributed by atoms with Crippen LogP contribution in [0.25, 0.3) is 10.8 Å². The van der Waals surface area contributed by atoms with Gasteiger partial charge in [0.2, 0.25) is 0 Å². The van der Waals surface area contributed by atoms with Gasteiger partial charge in [0.15, 0.2) is 0 Å². The van der Waals surface area contributed by atoms with Crippen molar-refractivity contribution in [2.45, 2.75) is 25.9 Å². The molecular weight excluding hydrogens is 196 g/mol. The van der Waals surface area contributed by atoms with Crippen molar-refractivity contribution in [3.05, 3.63) is 47.5 Å². The molecule has 0 saturated carbocycles. The van der Waals surface area contributed by atoms with Gasteiger partial charge in [0.1, 0.15) is 0 Å². The molecule has 2 aromatic carbocycles. The van der Waals surface area contributed by atoms with E-state index in [0.29, 0.717) is 0 Å². The first-order valence-corrected chi connectivity index (χ1v) is 5.64. The highest BCUT2D eigenvalue weighted by atomic mass is 14.6. The zero-order valence-corrected chi connectivity index (χ0v) is 9.77. The van der Waals surface area contributed by atoms with Crippen LogP contribution in [0.3, 0.4) is 0 Å². The first kappa shape index (κ1) is 11.1. The lowest BCUT2D eigenvalue weighted by Gasteiger charge is -2.18. The summed E-state index contributed by atoms with van der Waals surface area (Å²) < 4.78 is 0. The van der Waals surface area contributed by atoms with Crippen molar-refractivity contribution >= 4 is 10.8 Å². The Morgan fingerprint density at radius 1 is 0.875 bits per heavy atom. The lowest BCUT2D eigenvalue weighted by atomic mass is 9.92. The highest BCUT2D eigenvalue weighted by Gasteiger charge is 2.13. The fraction of sp³-hybridized carbons (Fsp3) is 0.286. The summed E-state index contributed by atoms with van der Waals surface area (Å²) in [6.07, 6.45) is 0. The Morgan fingerprint density at radius 3 is 2.19 bits per heavy atom. The number of fused-ring (bicyclic) bond motifs is 1. The molecular formula is C14H18N2. The third-order valence-corrected chi connectivity index (χ3v) is 2.95. The van der Waals surface area contributed by atoms with E-state index < -0.39 is 0 Å². The molecule has 84 valence electrons. The van der Waals surface area contributed by atoms with Crippen LogP contribution in [0.1, 0.15) is 37.1 Å². The van der Waals surface area contributed by atoms with Gasteiger partial charge in [0, 0.05) is 12.1 Å². The van der Waals surface area contributed by atoms with Crippen molar-refractivity contribution in [1.82, 2.24) is 0 Å². The number of benzene rings is 2. The molecule has 0 saturated heterocycles. The van der Waals surface area contributed by atoms with E-state index >= 15 is 0 Å². The molecule has 0 spiro atoms. The molecule has 0 amide bonds. The maximum absolute atomic E-state index is 6.06. The number of hydrogen-bond acceptors (Lipinski definition) is 2. The lowest BCUT2D eigenvalue weighted by Crippen LogP contribution is -2.14. The third-order valence-electron chi connectivity index (χ3n) is 2.95. The van der Waals surface area contributed by atoms with E-state index in [2.05, 4.69) is 24.3 Å². The second kappa shape index (κ2) is 4.24. The normalized spacial score (nSPS) is 15.0. The van der Waals surface area contributed by atoms with Crippen LogP contribution < -0.4 is 11.5 Å². The molecule has 2 nitrogen and oxygen atoms in total. The van der Waals surface area contributed by atoms with Gasteiger partial charge in [-0.15, -0.1) is 0 Å². The summed E-state index contributed by atoms with van der Waals surface area (Å²) in [5, 5.41) is 2.44. The van der Waals surface area contributed by atoms with E-state index in [1.165, 1.54) is 16.3 Å². The molecule has 2 rings (SSSR count). The molecule has 0 aliphatic rings. The van der Waals surface area contributed by atoms with E-state index in [-0.39, 0.29) is 12.1 Å². The van der Waals surface area contributed by atoms with Crippen LogP contribution >= 0.6 is 0 Å². The van der Waals surface area contributed by atoms with Gasteiger partial charge in [-0.1, -0.05) is 36.4 Å². The molecule has 0 heterocycles. The van der Waals surface area contributed by atoms with Crippen molar-refractivity contribution in [2.75, 3.05) is 0 Å². The van der Waals surface area contributed by atoms with E-state index in [1.54, 1.807) is 0 Å². The van der Waals surface area contributed by atoms with Gasteiger partial charge in [-0.2, -0.15) is 0 Å². The van der Waals surface area contributed by atoms with Gasteiger partial charge < -0.3 is 11.5 Å². The van der Waals surface area contributed by atoms with E-state index in [1.807, 2.05) is 26.0 Å². The Morgan fingerprint density at radius 2 is 1.56 bits per heavy atom. The highest BCUT2D eigenvalue weighted by molar-refractivity contribution is 5.87. The second-order valence-corrected chi connectivity index (χ2v) is 4.37. The molecule has 4 N–H and O–H groups in total. The van der Waals surface area contributed by atoms with Crippen LogP contribution in [0.15, 0.2) is 36.4 Å². The van der Waals surface area contributed by atoms with Gasteiger partial charge in [-0.05, 0) is 35.7 Å². The topological polar surface area (TPSA) is 52.0 Å². The maximum Gasteiger partial charge on any atom is 0.0275 e. The smallest absolute Gasteiger partial charge is 0.0275 e. The van der Waals surface area contributed by atoms with Gasteiger partial charge in [-0.25, -0.2) is 0 Å². The van der Waals surface area contributed by atoms with Crippen molar-refractivity contribution in [3.63, 3.8) is 0 Å². The summed E-state index contributed by atoms with van der Waals surface area (Å²) in [4.78, 5) is 0. The molecule has 0 bridgehead atoms. The Kier molecular flexibility index (Phi) is 2.95. The van der Waals surface area contributed by atoms with Crippen molar-refractivity contribution in [2.24, 2.45) is 11.5 Å². The van der Waals surface area contributed by atoms with Gasteiger partial charge in [-0.3, -0.25) is 0 Å². The predicted molar refractivity (Wildman–Crippen MR) is 69.2 cm³/mol. The van der Waals surface area contributed by atoms with Gasteiger partial charge in [0.05, 0.1) is 0 Å². The highest BCUT2D eigenvalue weighted by Crippen LogP contribution is 2.29. The van der Waals surface area contributed by atoms with Crippen LogP contribution in [0.2, 0.25) is 0 Å². The van der Waals surface area contributed by atoms with Crippen molar-refractivity contribution in [1.29, 1.82) is 0 Å². The monoisotopic (exact) mass is 214 g/mol. The van der Waals surface area contributed by atoms with Gasteiger partial charge in [0.25, 0.3) is 0 Å². The number of rotatable bonds is 2. The number of hydrogen-bond donors (Lipinski definition) is 2. The minimum atomic E-state index is 0.00657. The lowest BCUT2D eigenvalue weighted by molar-refractivity contribution is 0.754. The third kappa shape index (κ3) is 1.82. The second-order valence-electron chi connectivity index (χ2n) is 4.37. The largest absolute Gasteiger partial charge is 0.324 e. The Balaban J connectivity index is 2.79. The van der Waals surface area contributed by atoms with Crippen molar-refractivity contribution in [3.8, 4) is 0 Å². The molecule has 16 heavy (non-hydrogen) atoms. The minimum absolute atomic E-state index is 0.00657. The fourth-order valence-electron chi connectivity index (χ4n) is 2.22. The summed E-state index contributed by atoms with van der Waals surface area (Å²) in [5.74, 6) is 0. The van der Waals surface area contributed by atoms with Crippen LogP contribution in [-0.2, 0) is 0 Å². The number of nitrogens with two attached hydrogens (primary N) is 2. The molecule has 0 fully saturated rings. The average molecular weight is 214 g/mol. The zero-order chi connectivity index (χ0) is 11.7. The van der Waals surface area contributed by atoms with Crippen LogP contribution in [0, 0.1) is 0 Å². The molecule has 0 aliphatic carbocycles. The first-order chi connectivity index (χ1) is 7.61. The average Bonchev–Trinajstić information content (AvgIpc) is 2.27. The van der Waals surface area contributed by atoms with Crippen LogP contribution in [0.5, 0.6) is 0 Å². The van der Waals surface area contributed by atoms with Crippen molar-refractivity contribution < 1.29 is 0 Å². The molecule has 2 heteroatoms. The van der Waals surface area contributed by atoms with Crippen LogP contribution in [-0.4, -0.2) is 0 Å². The van der Waals surface area contributed by atoms with E-state index in [0.717, 1.165) is 5.56 Å². The van der Waals surface area contributed by atoms with E-state index in [4.69, 9.17) is 11.5 Å². The summed E-state index contributed by atoms with van der Waals surface area (Å²) >= 11 is 0. The fourth-order valence-corrected chi connectivity index (χ4v) is 2.22. The van der Waals surface area contributed by atoms with Gasteiger partial charge >= 0.3 is 0 Å². The summed E-state index contributed by atoms with van der Waals surface area (Å²) in [6, 6.07) is 12.5. The Hall–Kier alpha value is -1.38. The van der Waals surface area contributed by atoms with Crippen LogP contribution in [0.4, 0.5) is 0 Å². The minimum Gasteiger partial charge on any atom is -0.324 e. The predicted octanol–water partition coefficient (Wildman–Crippen LogP) is 2.88. The molecule has 0 aliphatic heterocycles. The molecule has 2 unspecified atom stereocenters. The standard InChI is InChI=1S/C14H18N2/c1-9(15)12-8-7-11-5-3-4-6-13(11)14(12)10(2)16/h3-10H,15-16H2,1-2H3. The quantitative estimate of drug-likeness (QED) is 0.807. The Labute approximate surface area is 96.3 Å². The summed E-state index contributed by atoms with van der Waals surface area (Å²) in [7, 11) is 0. The molecule has 2 aromatic rings. The summed E-state index contributed by atoms with van der Waals surface area (Å²) in [6.45, 7) is 4.00. The zero-order valence-electron chi connectivity index (χ0n) is 9.77. The Bertz CT molecular complexity index is 501. The van der Waals surface area contributed by atoms with E-state index in [9.17, 15) is 0 Å². The summed E-state index contributed by atoms with van der Waals surface area (Å²) in [5.41, 5.74) is 14.4. The maximum atomic E-state index is 6.06. The molecule has 0 radical (unpaired) electrons. The first-order valence-electron chi connectivity index (χ1n) is 5.64.